The Hall–Kier alpha value is -3.66. The fraction of sp³-hybridized carbons (Fsp3) is 0.320. The fourth-order valence-electron chi connectivity index (χ4n) is 4.09. The molecule has 184 valence electrons. The number of nitrogens with one attached hydrogen (secondary N) is 1. The van der Waals surface area contributed by atoms with Crippen LogP contribution in [0.3, 0.4) is 0 Å². The monoisotopic (exact) mass is 498 g/mol. The van der Waals surface area contributed by atoms with Crippen LogP contribution in [-0.2, 0) is 9.53 Å². The number of phenolic OH excluding ortho intramolecular Hbond substituents is 1. The molecule has 0 aliphatic carbocycles. The molecule has 2 N–H and O–H groups in total. The van der Waals surface area contributed by atoms with Crippen molar-refractivity contribution in [3.8, 4) is 5.75 Å². The number of phenols is 1. The first-order valence-electron chi connectivity index (χ1n) is 11.3. The third kappa shape index (κ3) is 6.07. The third-order valence-electron chi connectivity index (χ3n) is 5.92. The number of benzene rings is 2. The Morgan fingerprint density at radius 3 is 2.69 bits per heavy atom. The molecule has 2 saturated heterocycles. The lowest BCUT2D eigenvalue weighted by Crippen LogP contribution is -2.48. The lowest BCUT2D eigenvalue weighted by atomic mass is 10.2. The molecule has 2 aromatic rings. The van der Waals surface area contributed by atoms with E-state index < -0.39 is 11.9 Å². The summed E-state index contributed by atoms with van der Waals surface area (Å²) in [5, 5.41) is 12.5. The number of amides is 2. The van der Waals surface area contributed by atoms with E-state index in [1.165, 1.54) is 17.0 Å². The predicted molar refractivity (Wildman–Crippen MR) is 136 cm³/mol. The lowest BCUT2D eigenvalue weighted by molar-refractivity contribution is -0.126. The zero-order valence-corrected chi connectivity index (χ0v) is 20.1. The Kier molecular flexibility index (Phi) is 7.50. The molecule has 1 atom stereocenters. The van der Waals surface area contributed by atoms with E-state index in [9.17, 15) is 14.7 Å². The zero-order chi connectivity index (χ0) is 24.9. The van der Waals surface area contributed by atoms with E-state index in [1.807, 2.05) is 4.90 Å². The quantitative estimate of drug-likeness (QED) is 0.468. The number of cyclic esters (lactones) is 1. The smallest absolute Gasteiger partial charge is 0.414 e. The normalized spacial score (nSPS) is 18.2. The van der Waals surface area contributed by atoms with Crippen molar-refractivity contribution < 1.29 is 23.8 Å². The van der Waals surface area contributed by atoms with Crippen LogP contribution < -0.4 is 15.1 Å². The summed E-state index contributed by atoms with van der Waals surface area (Å²) in [4.78, 5) is 30.4. The van der Waals surface area contributed by atoms with Gasteiger partial charge in [0, 0.05) is 32.3 Å². The first-order chi connectivity index (χ1) is 16.8. The number of rotatable bonds is 6. The standard InChI is InChI=1S/C25H27FN4O4S/c1-17(35)27-15-21-16-30(25(33)34-21)19-6-7-23(22(26)14-19)28-9-11-29(12-10-28)24(32)8-5-18-3-2-4-20(31)13-18/h2-8,13-14,21,31H,9-12,15-16H2,1H3,(H,27,35)/t21-/m0/s1. The number of anilines is 2. The van der Waals surface area contributed by atoms with Gasteiger partial charge in [0.2, 0.25) is 5.91 Å². The number of carbonyl (C=O) groups is 2. The van der Waals surface area contributed by atoms with Gasteiger partial charge in [-0.05, 0) is 48.9 Å². The topological polar surface area (TPSA) is 85.4 Å². The number of piperazine rings is 1. The van der Waals surface area contributed by atoms with E-state index in [0.717, 1.165) is 5.56 Å². The van der Waals surface area contributed by atoms with Gasteiger partial charge in [-0.2, -0.15) is 0 Å². The molecule has 2 aromatic carbocycles. The van der Waals surface area contributed by atoms with Gasteiger partial charge in [-0.1, -0.05) is 24.4 Å². The Balaban J connectivity index is 1.33. The molecule has 35 heavy (non-hydrogen) atoms. The average molecular weight is 499 g/mol. The second-order valence-corrected chi connectivity index (χ2v) is 9.04. The minimum Gasteiger partial charge on any atom is -0.508 e. The van der Waals surface area contributed by atoms with Crippen molar-refractivity contribution in [3.63, 3.8) is 0 Å². The summed E-state index contributed by atoms with van der Waals surface area (Å²) in [7, 11) is 0. The van der Waals surface area contributed by atoms with E-state index in [-0.39, 0.29) is 17.8 Å². The van der Waals surface area contributed by atoms with Crippen molar-refractivity contribution in [2.24, 2.45) is 0 Å². The number of thiocarbonyl (C=S) groups is 1. The fourth-order valence-corrected chi connectivity index (χ4v) is 4.17. The van der Waals surface area contributed by atoms with Crippen molar-refractivity contribution in [3.05, 3.63) is 59.9 Å². The summed E-state index contributed by atoms with van der Waals surface area (Å²) in [6.45, 7) is 4.35. The molecule has 0 spiro atoms. The summed E-state index contributed by atoms with van der Waals surface area (Å²) in [5.41, 5.74) is 1.60. The maximum atomic E-state index is 15.0. The van der Waals surface area contributed by atoms with Crippen molar-refractivity contribution >= 4 is 46.7 Å². The van der Waals surface area contributed by atoms with Crippen LogP contribution in [0, 0.1) is 5.82 Å². The van der Waals surface area contributed by atoms with Crippen LogP contribution in [0.1, 0.15) is 12.5 Å². The molecule has 2 aliphatic rings. The maximum absolute atomic E-state index is 15.0. The van der Waals surface area contributed by atoms with Crippen LogP contribution >= 0.6 is 12.2 Å². The Labute approximate surface area is 208 Å². The van der Waals surface area contributed by atoms with E-state index in [1.54, 1.807) is 54.3 Å². The summed E-state index contributed by atoms with van der Waals surface area (Å²) < 4.78 is 20.3. The Morgan fingerprint density at radius 2 is 2.00 bits per heavy atom. The molecule has 2 amide bonds. The van der Waals surface area contributed by atoms with Crippen LogP contribution in [0.5, 0.6) is 5.75 Å². The van der Waals surface area contributed by atoms with Crippen LogP contribution in [0.4, 0.5) is 20.6 Å². The number of hydrogen-bond donors (Lipinski definition) is 2. The highest BCUT2D eigenvalue weighted by Gasteiger charge is 2.33. The average Bonchev–Trinajstić information content (AvgIpc) is 3.22. The van der Waals surface area contributed by atoms with Gasteiger partial charge in [0.15, 0.2) is 0 Å². The molecular weight excluding hydrogens is 471 g/mol. The molecule has 10 heteroatoms. The number of nitrogens with zero attached hydrogens (tertiary/aromatic N) is 3. The first-order valence-corrected chi connectivity index (χ1v) is 11.7. The molecule has 2 aliphatic heterocycles. The van der Waals surface area contributed by atoms with Crippen molar-refractivity contribution in [1.29, 1.82) is 0 Å². The van der Waals surface area contributed by atoms with E-state index in [0.29, 0.717) is 55.6 Å². The summed E-state index contributed by atoms with van der Waals surface area (Å²) in [6.07, 6.45) is 2.26. The number of ether oxygens (including phenoxy) is 1. The molecule has 4 rings (SSSR count). The Morgan fingerprint density at radius 1 is 1.23 bits per heavy atom. The van der Waals surface area contributed by atoms with Crippen LogP contribution in [0.2, 0.25) is 0 Å². The maximum Gasteiger partial charge on any atom is 0.414 e. The first kappa shape index (κ1) is 24.5. The van der Waals surface area contributed by atoms with Gasteiger partial charge in [0.1, 0.15) is 17.7 Å². The minimum absolute atomic E-state index is 0.135. The number of carbonyl (C=O) groups excluding carboxylic acids is 2. The van der Waals surface area contributed by atoms with Gasteiger partial charge in [0.05, 0.1) is 29.5 Å². The second-order valence-electron chi connectivity index (χ2n) is 8.43. The Bertz CT molecular complexity index is 1150. The summed E-state index contributed by atoms with van der Waals surface area (Å²) in [6, 6.07) is 11.4. The van der Waals surface area contributed by atoms with Gasteiger partial charge in [-0.25, -0.2) is 9.18 Å². The van der Waals surface area contributed by atoms with Gasteiger partial charge < -0.3 is 25.0 Å². The minimum atomic E-state index is -0.517. The number of aromatic hydroxyl groups is 1. The van der Waals surface area contributed by atoms with Crippen molar-refractivity contribution in [1.82, 2.24) is 10.2 Å². The van der Waals surface area contributed by atoms with Gasteiger partial charge in [0.25, 0.3) is 0 Å². The molecule has 0 radical (unpaired) electrons. The van der Waals surface area contributed by atoms with Crippen LogP contribution in [0.25, 0.3) is 6.08 Å². The highest BCUT2D eigenvalue weighted by molar-refractivity contribution is 7.80. The number of halogens is 1. The van der Waals surface area contributed by atoms with Crippen LogP contribution in [-0.4, -0.2) is 72.4 Å². The predicted octanol–water partition coefficient (Wildman–Crippen LogP) is 3.16. The third-order valence-corrected chi connectivity index (χ3v) is 6.06. The largest absolute Gasteiger partial charge is 0.508 e. The van der Waals surface area contributed by atoms with Crippen molar-refractivity contribution in [2.75, 3.05) is 49.1 Å². The summed E-state index contributed by atoms with van der Waals surface area (Å²) in [5.74, 6) is -0.430. The molecular formula is C25H27FN4O4S. The molecule has 8 nitrogen and oxygen atoms in total. The SMILES string of the molecule is CC(=S)NC[C@H]1CN(c2ccc(N3CCN(C(=O)C=Cc4cccc(O)c4)CC3)c(F)c2)C(=O)O1. The molecule has 0 saturated carbocycles. The zero-order valence-electron chi connectivity index (χ0n) is 19.3. The molecule has 0 aromatic heterocycles. The van der Waals surface area contributed by atoms with Gasteiger partial charge >= 0.3 is 6.09 Å². The number of hydrogen-bond acceptors (Lipinski definition) is 6. The van der Waals surface area contributed by atoms with Gasteiger partial charge in [-0.3, -0.25) is 9.69 Å². The van der Waals surface area contributed by atoms with Crippen LogP contribution in [0.15, 0.2) is 48.5 Å². The summed E-state index contributed by atoms with van der Waals surface area (Å²) >= 11 is 4.98. The molecule has 0 bridgehead atoms. The van der Waals surface area contributed by atoms with E-state index in [2.05, 4.69) is 5.32 Å². The van der Waals surface area contributed by atoms with E-state index >= 15 is 4.39 Å². The molecule has 2 heterocycles. The highest BCUT2D eigenvalue weighted by Crippen LogP contribution is 2.28. The van der Waals surface area contributed by atoms with Crippen molar-refractivity contribution in [2.45, 2.75) is 13.0 Å². The molecule has 2 fully saturated rings. The highest BCUT2D eigenvalue weighted by atomic mass is 32.1. The van der Waals surface area contributed by atoms with E-state index in [4.69, 9.17) is 17.0 Å². The molecule has 0 unspecified atom stereocenters. The van der Waals surface area contributed by atoms with Gasteiger partial charge in [-0.15, -0.1) is 0 Å². The second kappa shape index (κ2) is 10.7. The lowest BCUT2D eigenvalue weighted by Gasteiger charge is -2.36.